The van der Waals surface area contributed by atoms with Crippen LogP contribution in [0.25, 0.3) is 0 Å². The van der Waals surface area contributed by atoms with Crippen LogP contribution in [0.4, 0.5) is 9.52 Å². The maximum Gasteiger partial charge on any atom is 0.276 e. The van der Waals surface area contributed by atoms with Gasteiger partial charge < -0.3 is 0 Å². The molecule has 0 radical (unpaired) electrons. The Balaban J connectivity index is 1.60. The van der Waals surface area contributed by atoms with Gasteiger partial charge in [0.05, 0.1) is 10.4 Å². The first kappa shape index (κ1) is 15.6. The average molecular weight is 345 g/mol. The molecule has 23 heavy (non-hydrogen) atoms. The van der Waals surface area contributed by atoms with Crippen molar-refractivity contribution in [2.24, 2.45) is 0 Å². The average Bonchev–Trinajstić information content (AvgIpc) is 3.02. The number of aromatic nitrogens is 2. The molecule has 0 atom stereocenters. The molecular weight excluding hydrogens is 333 g/mol. The van der Waals surface area contributed by atoms with Gasteiger partial charge in [0.1, 0.15) is 11.5 Å². The summed E-state index contributed by atoms with van der Waals surface area (Å²) in [6, 6.07) is 11.8. The van der Waals surface area contributed by atoms with Gasteiger partial charge in [0, 0.05) is 11.9 Å². The number of thioether (sulfide) groups is 1. The second-order valence-corrected chi connectivity index (χ2v) is 6.84. The molecule has 1 amide bonds. The second-order valence-electron chi connectivity index (χ2n) is 4.53. The fourth-order valence-electron chi connectivity index (χ4n) is 1.81. The lowest BCUT2D eigenvalue weighted by Crippen LogP contribution is -2.12. The zero-order chi connectivity index (χ0) is 16.1. The molecule has 0 aliphatic heterocycles. The summed E-state index contributed by atoms with van der Waals surface area (Å²) in [5.41, 5.74) is 0.980. The van der Waals surface area contributed by atoms with Crippen LogP contribution in [-0.4, -0.2) is 15.9 Å². The first-order valence-electron chi connectivity index (χ1n) is 6.77. The summed E-state index contributed by atoms with van der Waals surface area (Å²) in [5.74, 6) is 0.00136. The van der Waals surface area contributed by atoms with Crippen molar-refractivity contribution in [2.45, 2.75) is 9.96 Å². The summed E-state index contributed by atoms with van der Waals surface area (Å²) in [6.45, 7) is 0. The number of halogens is 1. The van der Waals surface area contributed by atoms with Crippen LogP contribution in [0.1, 0.15) is 16.1 Å². The number of pyridine rings is 1. The van der Waals surface area contributed by atoms with Crippen molar-refractivity contribution in [2.75, 3.05) is 5.32 Å². The summed E-state index contributed by atoms with van der Waals surface area (Å²) in [7, 11) is 0. The third-order valence-corrected chi connectivity index (χ3v) is 5.09. The molecule has 4 nitrogen and oxygen atoms in total. The Kier molecular flexibility index (Phi) is 4.99. The van der Waals surface area contributed by atoms with Crippen molar-refractivity contribution in [3.05, 3.63) is 71.9 Å². The molecule has 1 aromatic carbocycles. The number of benzene rings is 1. The molecule has 1 N–H and O–H groups in total. The van der Waals surface area contributed by atoms with E-state index in [-0.39, 0.29) is 11.7 Å². The van der Waals surface area contributed by atoms with Gasteiger partial charge in [-0.1, -0.05) is 35.6 Å². The maximum absolute atomic E-state index is 13.6. The lowest BCUT2D eigenvalue weighted by molar-refractivity contribution is 0.102. The summed E-state index contributed by atoms with van der Waals surface area (Å²) in [6.07, 6.45) is 3.23. The number of amides is 1. The van der Waals surface area contributed by atoms with E-state index in [0.717, 1.165) is 4.21 Å². The minimum absolute atomic E-state index is 0.215. The van der Waals surface area contributed by atoms with E-state index in [1.807, 2.05) is 6.07 Å². The predicted molar refractivity (Wildman–Crippen MR) is 90.3 cm³/mol. The van der Waals surface area contributed by atoms with E-state index in [1.54, 1.807) is 42.7 Å². The first-order chi connectivity index (χ1) is 11.2. The van der Waals surface area contributed by atoms with Crippen molar-refractivity contribution in [3.63, 3.8) is 0 Å². The summed E-state index contributed by atoms with van der Waals surface area (Å²) in [5, 5.41) is 3.20. The van der Waals surface area contributed by atoms with E-state index in [1.165, 1.54) is 29.2 Å². The van der Waals surface area contributed by atoms with Gasteiger partial charge in [-0.3, -0.25) is 15.1 Å². The normalized spacial score (nSPS) is 10.5. The van der Waals surface area contributed by atoms with Gasteiger partial charge in [0.2, 0.25) is 0 Å². The Morgan fingerprint density at radius 3 is 2.78 bits per heavy atom. The Labute approximate surface area is 140 Å². The number of anilines is 1. The van der Waals surface area contributed by atoms with Crippen LogP contribution in [-0.2, 0) is 5.75 Å². The van der Waals surface area contributed by atoms with Crippen LogP contribution in [0.5, 0.6) is 0 Å². The van der Waals surface area contributed by atoms with Crippen molar-refractivity contribution in [1.82, 2.24) is 9.97 Å². The van der Waals surface area contributed by atoms with E-state index >= 15 is 0 Å². The van der Waals surface area contributed by atoms with Gasteiger partial charge in [-0.15, -0.1) is 11.8 Å². The third kappa shape index (κ3) is 4.14. The highest BCUT2D eigenvalue weighted by Gasteiger charge is 2.10. The largest absolute Gasteiger partial charge is 0.296 e. The molecule has 0 unspecified atom stereocenters. The van der Waals surface area contributed by atoms with Gasteiger partial charge in [0.25, 0.3) is 5.91 Å². The van der Waals surface area contributed by atoms with Gasteiger partial charge >= 0.3 is 0 Å². The number of rotatable bonds is 5. The number of nitrogens with one attached hydrogen (secondary N) is 1. The van der Waals surface area contributed by atoms with Gasteiger partial charge in [-0.25, -0.2) is 9.37 Å². The quantitative estimate of drug-likeness (QED) is 0.704. The highest BCUT2D eigenvalue weighted by molar-refractivity contribution is 8.00. The van der Waals surface area contributed by atoms with Crippen LogP contribution in [0.15, 0.2) is 59.1 Å². The smallest absolute Gasteiger partial charge is 0.276 e. The number of nitrogens with zero attached hydrogens (tertiary/aromatic N) is 2. The number of carbonyl (C=O) groups is 1. The van der Waals surface area contributed by atoms with Crippen molar-refractivity contribution >= 4 is 34.1 Å². The van der Waals surface area contributed by atoms with E-state index in [0.29, 0.717) is 22.1 Å². The highest BCUT2D eigenvalue weighted by atomic mass is 32.2. The van der Waals surface area contributed by atoms with Gasteiger partial charge in [0.15, 0.2) is 5.13 Å². The zero-order valence-electron chi connectivity index (χ0n) is 11.9. The second kappa shape index (κ2) is 7.34. The van der Waals surface area contributed by atoms with Crippen molar-refractivity contribution < 1.29 is 9.18 Å². The van der Waals surface area contributed by atoms with Crippen LogP contribution in [0.3, 0.4) is 0 Å². The monoisotopic (exact) mass is 345 g/mol. The Morgan fingerprint density at radius 1 is 1.17 bits per heavy atom. The molecule has 3 aromatic rings. The Morgan fingerprint density at radius 2 is 2.00 bits per heavy atom. The number of hydrogen-bond donors (Lipinski definition) is 1. The highest BCUT2D eigenvalue weighted by Crippen LogP contribution is 2.31. The topological polar surface area (TPSA) is 54.9 Å². The molecule has 0 aliphatic carbocycles. The molecular formula is C16H12FN3OS2. The van der Waals surface area contributed by atoms with E-state index in [9.17, 15) is 9.18 Å². The van der Waals surface area contributed by atoms with Crippen LogP contribution < -0.4 is 5.32 Å². The van der Waals surface area contributed by atoms with Crippen molar-refractivity contribution in [3.8, 4) is 0 Å². The third-order valence-electron chi connectivity index (χ3n) is 2.93. The lowest BCUT2D eigenvalue weighted by atomic mass is 10.2. The first-order valence-corrected chi connectivity index (χ1v) is 8.57. The molecule has 116 valence electrons. The minimum Gasteiger partial charge on any atom is -0.296 e. The summed E-state index contributed by atoms with van der Waals surface area (Å²) >= 11 is 2.83. The van der Waals surface area contributed by atoms with Gasteiger partial charge in [-0.05, 0) is 23.8 Å². The lowest BCUT2D eigenvalue weighted by Gasteiger charge is -2.01. The molecule has 2 heterocycles. The van der Waals surface area contributed by atoms with Crippen LogP contribution in [0.2, 0.25) is 0 Å². The van der Waals surface area contributed by atoms with Crippen LogP contribution >= 0.6 is 23.1 Å². The molecule has 0 aliphatic rings. The molecule has 0 fully saturated rings. The molecule has 7 heteroatoms. The standard InChI is InChI=1S/C16H12FN3OS2/c17-12-6-2-1-5-11(12)10-22-14-9-19-16(23-14)20-15(21)13-7-3-4-8-18-13/h1-9H,10H2,(H,19,20,21). The molecule has 0 saturated heterocycles. The predicted octanol–water partition coefficient (Wildman–Crippen LogP) is 4.22. The minimum atomic E-state index is -0.300. The molecule has 3 rings (SSSR count). The maximum atomic E-state index is 13.6. The summed E-state index contributed by atoms with van der Waals surface area (Å²) in [4.78, 5) is 20.1. The number of carbonyl (C=O) groups excluding carboxylic acids is 1. The van der Waals surface area contributed by atoms with E-state index in [2.05, 4.69) is 15.3 Å². The van der Waals surface area contributed by atoms with Gasteiger partial charge in [-0.2, -0.15) is 0 Å². The number of hydrogen-bond acceptors (Lipinski definition) is 5. The Bertz CT molecular complexity index is 808. The number of thiazole rings is 1. The fourth-order valence-corrected chi connectivity index (χ4v) is 3.66. The molecule has 2 aromatic heterocycles. The molecule has 0 spiro atoms. The van der Waals surface area contributed by atoms with E-state index in [4.69, 9.17) is 0 Å². The van der Waals surface area contributed by atoms with Crippen LogP contribution in [0, 0.1) is 5.82 Å². The molecule has 0 bridgehead atoms. The summed E-state index contributed by atoms with van der Waals surface area (Å²) < 4.78 is 14.5. The van der Waals surface area contributed by atoms with E-state index < -0.39 is 0 Å². The molecule has 0 saturated carbocycles. The fraction of sp³-hybridized carbons (Fsp3) is 0.0625. The SMILES string of the molecule is O=C(Nc1ncc(SCc2ccccc2F)s1)c1ccccn1. The zero-order valence-corrected chi connectivity index (χ0v) is 13.5. The Hall–Kier alpha value is -2.25. The van der Waals surface area contributed by atoms with Crippen molar-refractivity contribution in [1.29, 1.82) is 0 Å².